The Kier molecular flexibility index (Phi) is 2.06. The molecule has 0 fully saturated rings. The van der Waals surface area contributed by atoms with E-state index in [2.05, 4.69) is 19.1 Å². The van der Waals surface area contributed by atoms with Crippen LogP contribution in [-0.4, -0.2) is 6.04 Å². The Bertz CT molecular complexity index is 145. The van der Waals surface area contributed by atoms with E-state index in [0.717, 1.165) is 12.8 Å². The van der Waals surface area contributed by atoms with Crippen molar-refractivity contribution >= 4 is 0 Å². The fourth-order valence-electron chi connectivity index (χ4n) is 0.936. The van der Waals surface area contributed by atoms with E-state index in [4.69, 9.17) is 5.73 Å². The number of rotatable bonds is 0. The van der Waals surface area contributed by atoms with E-state index in [-0.39, 0.29) is 6.04 Å². The molecule has 0 aliphatic heterocycles. The van der Waals surface area contributed by atoms with E-state index >= 15 is 0 Å². The molecule has 0 aromatic carbocycles. The lowest BCUT2D eigenvalue weighted by Crippen LogP contribution is -2.15. The van der Waals surface area contributed by atoms with E-state index in [1.165, 1.54) is 5.57 Å². The number of hydrogen-bond acceptors (Lipinski definition) is 1. The molecule has 1 nitrogen and oxygen atoms in total. The Labute approximate surface area is 56.2 Å². The summed E-state index contributed by atoms with van der Waals surface area (Å²) in [5.74, 6) is 0. The van der Waals surface area contributed by atoms with E-state index in [1.54, 1.807) is 0 Å². The molecule has 1 unspecified atom stereocenters. The highest BCUT2D eigenvalue weighted by molar-refractivity contribution is 5.15. The summed E-state index contributed by atoms with van der Waals surface area (Å²) in [6.45, 7) is 2.14. The van der Waals surface area contributed by atoms with Crippen LogP contribution in [0.2, 0.25) is 0 Å². The minimum Gasteiger partial charge on any atom is -0.324 e. The molecule has 1 rings (SSSR count). The second kappa shape index (κ2) is 2.83. The molecule has 0 radical (unpaired) electrons. The van der Waals surface area contributed by atoms with Crippen molar-refractivity contribution in [3.63, 3.8) is 0 Å². The Hall–Kier alpha value is -0.560. The van der Waals surface area contributed by atoms with Gasteiger partial charge in [0.1, 0.15) is 0 Å². The first-order valence-electron chi connectivity index (χ1n) is 3.38. The fraction of sp³-hybridized carbons (Fsp3) is 0.500. The first-order valence-corrected chi connectivity index (χ1v) is 3.38. The summed E-state index contributed by atoms with van der Waals surface area (Å²) in [6.07, 6.45) is 8.48. The molecule has 50 valence electrons. The van der Waals surface area contributed by atoms with Crippen molar-refractivity contribution in [2.45, 2.75) is 25.8 Å². The monoisotopic (exact) mass is 123 g/mol. The normalized spacial score (nSPS) is 27.3. The smallest absolute Gasteiger partial charge is 0.0229 e. The van der Waals surface area contributed by atoms with Gasteiger partial charge in [0, 0.05) is 6.04 Å². The highest BCUT2D eigenvalue weighted by Crippen LogP contribution is 2.10. The molecule has 0 bridgehead atoms. The van der Waals surface area contributed by atoms with Crippen LogP contribution in [0.5, 0.6) is 0 Å². The predicted octanol–water partition coefficient (Wildman–Crippen LogP) is 1.61. The maximum absolute atomic E-state index is 5.68. The van der Waals surface area contributed by atoms with Gasteiger partial charge in [0.2, 0.25) is 0 Å². The minimum atomic E-state index is 0.277. The Morgan fingerprint density at radius 2 is 2.44 bits per heavy atom. The summed E-state index contributed by atoms with van der Waals surface area (Å²) in [5.41, 5.74) is 7.11. The van der Waals surface area contributed by atoms with Gasteiger partial charge in [-0.15, -0.1) is 0 Å². The average molecular weight is 123 g/mol. The van der Waals surface area contributed by atoms with Gasteiger partial charge in [0.25, 0.3) is 0 Å². The van der Waals surface area contributed by atoms with E-state index in [0.29, 0.717) is 0 Å². The molecule has 1 aliphatic carbocycles. The van der Waals surface area contributed by atoms with Gasteiger partial charge in [-0.3, -0.25) is 0 Å². The second-order valence-electron chi connectivity index (χ2n) is 2.60. The lowest BCUT2D eigenvalue weighted by molar-refractivity contribution is 0.722. The third kappa shape index (κ3) is 2.02. The first kappa shape index (κ1) is 6.56. The summed E-state index contributed by atoms with van der Waals surface area (Å²) in [4.78, 5) is 0. The molecule has 0 heterocycles. The van der Waals surface area contributed by atoms with Crippen LogP contribution in [0.15, 0.2) is 23.8 Å². The van der Waals surface area contributed by atoms with Crippen molar-refractivity contribution in [3.8, 4) is 0 Å². The molecular formula is C8H13N. The van der Waals surface area contributed by atoms with E-state index in [9.17, 15) is 0 Å². The van der Waals surface area contributed by atoms with Crippen LogP contribution < -0.4 is 5.73 Å². The fourth-order valence-corrected chi connectivity index (χ4v) is 0.936. The third-order valence-electron chi connectivity index (χ3n) is 1.61. The number of nitrogens with two attached hydrogens (primary N) is 1. The summed E-state index contributed by atoms with van der Waals surface area (Å²) in [6, 6.07) is 0.277. The Balaban J connectivity index is 2.55. The Morgan fingerprint density at radius 1 is 1.67 bits per heavy atom. The van der Waals surface area contributed by atoms with Crippen LogP contribution in [0, 0.1) is 0 Å². The largest absolute Gasteiger partial charge is 0.324 e. The van der Waals surface area contributed by atoms with Crippen LogP contribution in [0.1, 0.15) is 19.8 Å². The van der Waals surface area contributed by atoms with Crippen molar-refractivity contribution in [3.05, 3.63) is 23.8 Å². The molecule has 1 atom stereocenters. The molecule has 0 aromatic heterocycles. The SMILES string of the molecule is CC1=CC=CC(N)CC1. The zero-order chi connectivity index (χ0) is 6.69. The van der Waals surface area contributed by atoms with Crippen molar-refractivity contribution in [1.82, 2.24) is 0 Å². The zero-order valence-electron chi connectivity index (χ0n) is 5.80. The molecule has 1 aliphatic rings. The highest BCUT2D eigenvalue weighted by Gasteiger charge is 1.99. The number of hydrogen-bond donors (Lipinski definition) is 1. The molecule has 2 N–H and O–H groups in total. The lowest BCUT2D eigenvalue weighted by atomic mass is 10.1. The van der Waals surface area contributed by atoms with Gasteiger partial charge in [-0.1, -0.05) is 23.8 Å². The number of allylic oxidation sites excluding steroid dienone is 3. The van der Waals surface area contributed by atoms with E-state index in [1.807, 2.05) is 6.08 Å². The van der Waals surface area contributed by atoms with Crippen LogP contribution >= 0.6 is 0 Å². The van der Waals surface area contributed by atoms with Gasteiger partial charge >= 0.3 is 0 Å². The quantitative estimate of drug-likeness (QED) is 0.520. The standard InChI is InChI=1S/C8H13N/c1-7-3-2-4-8(9)6-5-7/h2-4,8H,5-6,9H2,1H3. The summed E-state index contributed by atoms with van der Waals surface area (Å²) in [5, 5.41) is 0. The van der Waals surface area contributed by atoms with Gasteiger partial charge in [-0.05, 0) is 19.8 Å². The molecule has 0 amide bonds. The van der Waals surface area contributed by atoms with Gasteiger partial charge in [-0.2, -0.15) is 0 Å². The minimum absolute atomic E-state index is 0.277. The van der Waals surface area contributed by atoms with Gasteiger partial charge in [0.05, 0.1) is 0 Å². The van der Waals surface area contributed by atoms with Crippen molar-refractivity contribution in [2.75, 3.05) is 0 Å². The summed E-state index contributed by atoms with van der Waals surface area (Å²) >= 11 is 0. The van der Waals surface area contributed by atoms with E-state index < -0.39 is 0 Å². The second-order valence-corrected chi connectivity index (χ2v) is 2.60. The van der Waals surface area contributed by atoms with Crippen LogP contribution in [0.4, 0.5) is 0 Å². The Morgan fingerprint density at radius 3 is 3.22 bits per heavy atom. The third-order valence-corrected chi connectivity index (χ3v) is 1.61. The highest BCUT2D eigenvalue weighted by atomic mass is 14.6. The maximum atomic E-state index is 5.68. The van der Waals surface area contributed by atoms with Crippen LogP contribution in [-0.2, 0) is 0 Å². The molecule has 0 spiro atoms. The molecule has 0 aromatic rings. The zero-order valence-corrected chi connectivity index (χ0v) is 5.80. The average Bonchev–Trinajstić information content (AvgIpc) is 1.97. The molecule has 9 heavy (non-hydrogen) atoms. The van der Waals surface area contributed by atoms with Crippen LogP contribution in [0.25, 0.3) is 0 Å². The maximum Gasteiger partial charge on any atom is 0.0229 e. The van der Waals surface area contributed by atoms with Gasteiger partial charge in [0.15, 0.2) is 0 Å². The topological polar surface area (TPSA) is 26.0 Å². The van der Waals surface area contributed by atoms with Crippen molar-refractivity contribution < 1.29 is 0 Å². The predicted molar refractivity (Wildman–Crippen MR) is 40.1 cm³/mol. The van der Waals surface area contributed by atoms with Crippen molar-refractivity contribution in [2.24, 2.45) is 5.73 Å². The molecule has 1 heteroatoms. The summed E-state index contributed by atoms with van der Waals surface area (Å²) < 4.78 is 0. The van der Waals surface area contributed by atoms with Crippen LogP contribution in [0.3, 0.4) is 0 Å². The first-order chi connectivity index (χ1) is 4.29. The van der Waals surface area contributed by atoms with Gasteiger partial charge < -0.3 is 5.73 Å². The van der Waals surface area contributed by atoms with Gasteiger partial charge in [-0.25, -0.2) is 0 Å². The summed E-state index contributed by atoms with van der Waals surface area (Å²) in [7, 11) is 0. The lowest BCUT2D eigenvalue weighted by Gasteiger charge is -2.01. The molecule has 0 saturated carbocycles. The molecular weight excluding hydrogens is 110 g/mol. The molecule has 0 saturated heterocycles. The van der Waals surface area contributed by atoms with Crippen molar-refractivity contribution in [1.29, 1.82) is 0 Å².